The fourth-order valence-corrected chi connectivity index (χ4v) is 2.33. The highest BCUT2D eigenvalue weighted by molar-refractivity contribution is 5.50. The number of anilines is 2. The van der Waals surface area contributed by atoms with Crippen molar-refractivity contribution in [2.24, 2.45) is 11.7 Å². The third-order valence-electron chi connectivity index (χ3n) is 3.54. The molecule has 1 aromatic heterocycles. The molecule has 1 aliphatic heterocycles. The van der Waals surface area contributed by atoms with Crippen molar-refractivity contribution in [3.63, 3.8) is 0 Å². The molecule has 2 N–H and O–H groups in total. The highest BCUT2D eigenvalue weighted by Gasteiger charge is 2.19. The lowest BCUT2D eigenvalue weighted by molar-refractivity contribution is 0.413. The Bertz CT molecular complexity index is 396. The van der Waals surface area contributed by atoms with Gasteiger partial charge in [-0.1, -0.05) is 0 Å². The second-order valence-corrected chi connectivity index (χ2v) is 5.19. The van der Waals surface area contributed by atoms with E-state index in [4.69, 9.17) is 5.73 Å². The lowest BCUT2D eigenvalue weighted by Crippen LogP contribution is -2.36. The van der Waals surface area contributed by atoms with E-state index in [-0.39, 0.29) is 0 Å². The summed E-state index contributed by atoms with van der Waals surface area (Å²) in [5.41, 5.74) is 5.72. The average molecular weight is 249 g/mol. The quantitative estimate of drug-likeness (QED) is 0.867. The first-order valence-corrected chi connectivity index (χ1v) is 6.58. The van der Waals surface area contributed by atoms with Gasteiger partial charge >= 0.3 is 0 Å². The zero-order valence-electron chi connectivity index (χ0n) is 11.6. The third kappa shape index (κ3) is 2.90. The van der Waals surface area contributed by atoms with Crippen LogP contribution in [0.2, 0.25) is 0 Å². The predicted molar refractivity (Wildman–Crippen MR) is 75.1 cm³/mol. The first-order valence-electron chi connectivity index (χ1n) is 6.58. The molecule has 0 bridgehead atoms. The number of rotatable bonds is 3. The molecule has 0 aliphatic carbocycles. The Balaban J connectivity index is 2.13. The topological polar surface area (TPSA) is 58.3 Å². The van der Waals surface area contributed by atoms with Crippen LogP contribution in [0.4, 0.5) is 11.6 Å². The van der Waals surface area contributed by atoms with Gasteiger partial charge in [-0.2, -0.15) is 0 Å². The predicted octanol–water partition coefficient (Wildman–Crippen LogP) is 1.03. The zero-order chi connectivity index (χ0) is 13.1. The summed E-state index contributed by atoms with van der Waals surface area (Å²) < 4.78 is 0. The summed E-state index contributed by atoms with van der Waals surface area (Å²) >= 11 is 0. The van der Waals surface area contributed by atoms with Crippen molar-refractivity contribution in [2.75, 3.05) is 43.5 Å². The Morgan fingerprint density at radius 2 is 2.00 bits per heavy atom. The van der Waals surface area contributed by atoms with Gasteiger partial charge in [0.1, 0.15) is 17.5 Å². The second kappa shape index (κ2) is 5.52. The van der Waals surface area contributed by atoms with Gasteiger partial charge in [-0.25, -0.2) is 9.97 Å². The fourth-order valence-electron chi connectivity index (χ4n) is 2.33. The molecule has 2 heterocycles. The van der Waals surface area contributed by atoms with Crippen molar-refractivity contribution in [3.8, 4) is 0 Å². The molecule has 1 fully saturated rings. The van der Waals surface area contributed by atoms with Crippen LogP contribution in [0.15, 0.2) is 6.07 Å². The smallest absolute Gasteiger partial charge is 0.134 e. The van der Waals surface area contributed by atoms with Gasteiger partial charge in [-0.05, 0) is 32.2 Å². The number of nitrogens with zero attached hydrogens (tertiary/aromatic N) is 4. The first kappa shape index (κ1) is 13.1. The highest BCUT2D eigenvalue weighted by atomic mass is 15.2. The average Bonchev–Trinajstić information content (AvgIpc) is 2.38. The van der Waals surface area contributed by atoms with Crippen molar-refractivity contribution in [3.05, 3.63) is 11.9 Å². The van der Waals surface area contributed by atoms with Gasteiger partial charge in [0.2, 0.25) is 0 Å². The molecule has 1 aromatic rings. The van der Waals surface area contributed by atoms with E-state index in [1.54, 1.807) is 0 Å². The van der Waals surface area contributed by atoms with E-state index in [0.29, 0.717) is 5.92 Å². The molecule has 0 aromatic carbocycles. The number of aromatic nitrogens is 2. The molecule has 0 radical (unpaired) electrons. The Labute approximate surface area is 109 Å². The second-order valence-electron chi connectivity index (χ2n) is 5.19. The molecule has 0 saturated carbocycles. The van der Waals surface area contributed by atoms with Crippen molar-refractivity contribution in [1.82, 2.24) is 9.97 Å². The number of nitrogens with two attached hydrogens (primary N) is 1. The zero-order valence-corrected chi connectivity index (χ0v) is 11.6. The molecule has 2 rings (SSSR count). The van der Waals surface area contributed by atoms with Gasteiger partial charge in [-0.15, -0.1) is 0 Å². The van der Waals surface area contributed by atoms with Crippen LogP contribution in [-0.2, 0) is 0 Å². The lowest BCUT2D eigenvalue weighted by atomic mass is 9.97. The van der Waals surface area contributed by atoms with E-state index in [9.17, 15) is 0 Å². The monoisotopic (exact) mass is 249 g/mol. The minimum atomic E-state index is 0.678. The van der Waals surface area contributed by atoms with E-state index in [1.165, 1.54) is 0 Å². The van der Waals surface area contributed by atoms with E-state index in [1.807, 2.05) is 25.9 Å². The Morgan fingerprint density at radius 3 is 2.56 bits per heavy atom. The summed E-state index contributed by atoms with van der Waals surface area (Å²) in [6, 6.07) is 2.07. The summed E-state index contributed by atoms with van der Waals surface area (Å²) in [5, 5.41) is 0. The molecular formula is C13H23N5. The molecule has 0 unspecified atom stereocenters. The van der Waals surface area contributed by atoms with Crippen LogP contribution >= 0.6 is 0 Å². The SMILES string of the molecule is Cc1nc(N(C)C)cc(N2CCC(CN)CC2)n1. The summed E-state index contributed by atoms with van der Waals surface area (Å²) in [6.07, 6.45) is 2.33. The summed E-state index contributed by atoms with van der Waals surface area (Å²) in [4.78, 5) is 13.3. The third-order valence-corrected chi connectivity index (χ3v) is 3.54. The van der Waals surface area contributed by atoms with Crippen LogP contribution in [0, 0.1) is 12.8 Å². The standard InChI is InChI=1S/C13H23N5/c1-10-15-12(17(2)3)8-13(16-10)18-6-4-11(9-14)5-7-18/h8,11H,4-7,9,14H2,1-3H3. The molecule has 100 valence electrons. The normalized spacial score (nSPS) is 17.0. The highest BCUT2D eigenvalue weighted by Crippen LogP contribution is 2.23. The minimum absolute atomic E-state index is 0.678. The molecule has 0 amide bonds. The van der Waals surface area contributed by atoms with Gasteiger partial charge in [0.05, 0.1) is 0 Å². The van der Waals surface area contributed by atoms with Crippen LogP contribution in [0.1, 0.15) is 18.7 Å². The number of aryl methyl sites for hydroxylation is 1. The number of hydrogen-bond acceptors (Lipinski definition) is 5. The first-order chi connectivity index (χ1) is 8.60. The van der Waals surface area contributed by atoms with Gasteiger partial charge in [-0.3, -0.25) is 0 Å². The van der Waals surface area contributed by atoms with Crippen LogP contribution < -0.4 is 15.5 Å². The van der Waals surface area contributed by atoms with Crippen molar-refractivity contribution < 1.29 is 0 Å². The Kier molecular flexibility index (Phi) is 4.01. The van der Waals surface area contributed by atoms with E-state index < -0.39 is 0 Å². The van der Waals surface area contributed by atoms with Crippen molar-refractivity contribution >= 4 is 11.6 Å². The maximum Gasteiger partial charge on any atom is 0.134 e. The largest absolute Gasteiger partial charge is 0.363 e. The maximum absolute atomic E-state index is 5.72. The summed E-state index contributed by atoms with van der Waals surface area (Å²) in [6.45, 7) is 4.85. The fraction of sp³-hybridized carbons (Fsp3) is 0.692. The molecule has 0 spiro atoms. The van der Waals surface area contributed by atoms with Gasteiger partial charge in [0.15, 0.2) is 0 Å². The van der Waals surface area contributed by atoms with Crippen molar-refractivity contribution in [1.29, 1.82) is 0 Å². The van der Waals surface area contributed by atoms with E-state index in [2.05, 4.69) is 20.9 Å². The van der Waals surface area contributed by atoms with Gasteiger partial charge in [0, 0.05) is 33.3 Å². The molecule has 1 aliphatic rings. The van der Waals surface area contributed by atoms with Crippen LogP contribution in [-0.4, -0.2) is 43.7 Å². The molecule has 5 nitrogen and oxygen atoms in total. The Hall–Kier alpha value is -1.36. The molecule has 0 atom stereocenters. The molecule has 1 saturated heterocycles. The number of piperidine rings is 1. The molecule has 5 heteroatoms. The van der Waals surface area contributed by atoms with E-state index >= 15 is 0 Å². The Morgan fingerprint density at radius 1 is 1.33 bits per heavy atom. The maximum atomic E-state index is 5.72. The lowest BCUT2D eigenvalue weighted by Gasteiger charge is -2.32. The van der Waals surface area contributed by atoms with Crippen LogP contribution in [0.5, 0.6) is 0 Å². The van der Waals surface area contributed by atoms with Gasteiger partial charge in [0.25, 0.3) is 0 Å². The van der Waals surface area contributed by atoms with Crippen LogP contribution in [0.3, 0.4) is 0 Å². The van der Waals surface area contributed by atoms with Gasteiger partial charge < -0.3 is 15.5 Å². The summed E-state index contributed by atoms with van der Waals surface area (Å²) in [7, 11) is 4.01. The summed E-state index contributed by atoms with van der Waals surface area (Å²) in [5.74, 6) is 3.52. The number of hydrogen-bond donors (Lipinski definition) is 1. The minimum Gasteiger partial charge on any atom is -0.363 e. The molecule has 18 heavy (non-hydrogen) atoms. The van der Waals surface area contributed by atoms with Crippen molar-refractivity contribution in [2.45, 2.75) is 19.8 Å². The molecular weight excluding hydrogens is 226 g/mol. The van der Waals surface area contributed by atoms with Crippen LogP contribution in [0.25, 0.3) is 0 Å². The van der Waals surface area contributed by atoms with E-state index in [0.717, 1.165) is 49.9 Å².